The summed E-state index contributed by atoms with van der Waals surface area (Å²) in [5, 5.41) is 15.2. The summed E-state index contributed by atoms with van der Waals surface area (Å²) in [6, 6.07) is 23.8. The highest BCUT2D eigenvalue weighted by Crippen LogP contribution is 2.42. The van der Waals surface area contributed by atoms with Gasteiger partial charge in [0.05, 0.1) is 23.3 Å². The second kappa shape index (κ2) is 9.55. The van der Waals surface area contributed by atoms with Crippen LogP contribution < -0.4 is 15.0 Å². The van der Waals surface area contributed by atoms with Crippen molar-refractivity contribution in [2.24, 2.45) is 0 Å². The van der Waals surface area contributed by atoms with Crippen LogP contribution in [-0.4, -0.2) is 26.2 Å². The quantitative estimate of drug-likeness (QED) is 0.214. The second-order valence-electron chi connectivity index (χ2n) is 8.00. The van der Waals surface area contributed by atoms with Gasteiger partial charge in [-0.05, 0) is 79.8 Å². The summed E-state index contributed by atoms with van der Waals surface area (Å²) < 4.78 is 7.64. The number of thiocarbonyl (C=S) groups is 1. The third-order valence-corrected chi connectivity index (χ3v) is 6.26. The van der Waals surface area contributed by atoms with E-state index >= 15 is 0 Å². The standard InChI is InChI=1S/C26H23N5O3S/c1-2-34-21-14-12-19(13-15-21)30-25(24(28-26(30)35)22-6-3-4-16-27-22)23-7-5-17-29(23)18-8-10-20(11-9-18)31(32)33/h3-17,24-25H,2H2,1H3,(H,28,35)/t24-,25-/m1/s1. The Morgan fingerprint density at radius 2 is 1.77 bits per heavy atom. The Bertz CT molecular complexity index is 1340. The summed E-state index contributed by atoms with van der Waals surface area (Å²) in [6.07, 6.45) is 3.72. The molecule has 8 nitrogen and oxygen atoms in total. The summed E-state index contributed by atoms with van der Waals surface area (Å²) in [6.45, 7) is 2.55. The van der Waals surface area contributed by atoms with Crippen LogP contribution in [0, 0.1) is 10.1 Å². The van der Waals surface area contributed by atoms with E-state index in [0.29, 0.717) is 11.7 Å². The molecule has 1 N–H and O–H groups in total. The lowest BCUT2D eigenvalue weighted by Crippen LogP contribution is -2.30. The first kappa shape index (κ1) is 22.5. The minimum absolute atomic E-state index is 0.0496. The molecule has 2 aromatic carbocycles. The van der Waals surface area contributed by atoms with Crippen LogP contribution in [-0.2, 0) is 0 Å². The number of non-ortho nitro benzene ring substituents is 1. The van der Waals surface area contributed by atoms with Crippen molar-refractivity contribution in [1.29, 1.82) is 0 Å². The van der Waals surface area contributed by atoms with E-state index in [0.717, 1.165) is 28.5 Å². The fraction of sp³-hybridized carbons (Fsp3) is 0.154. The molecule has 0 spiro atoms. The number of hydrogen-bond donors (Lipinski definition) is 1. The van der Waals surface area contributed by atoms with Crippen molar-refractivity contribution >= 4 is 28.7 Å². The van der Waals surface area contributed by atoms with Crippen LogP contribution in [0.2, 0.25) is 0 Å². The van der Waals surface area contributed by atoms with Crippen LogP contribution >= 0.6 is 12.2 Å². The van der Waals surface area contributed by atoms with Crippen molar-refractivity contribution in [2.75, 3.05) is 11.5 Å². The number of pyridine rings is 1. The molecule has 3 heterocycles. The van der Waals surface area contributed by atoms with Gasteiger partial charge in [-0.25, -0.2) is 0 Å². The number of benzene rings is 2. The lowest BCUT2D eigenvalue weighted by atomic mass is 10.0. The molecule has 0 bridgehead atoms. The monoisotopic (exact) mass is 485 g/mol. The van der Waals surface area contributed by atoms with Gasteiger partial charge in [-0.15, -0.1) is 0 Å². The van der Waals surface area contributed by atoms with Gasteiger partial charge in [-0.2, -0.15) is 0 Å². The zero-order chi connectivity index (χ0) is 24.4. The van der Waals surface area contributed by atoms with Crippen LogP contribution in [0.15, 0.2) is 91.3 Å². The Labute approximate surface area is 207 Å². The zero-order valence-corrected chi connectivity index (χ0v) is 19.8. The van der Waals surface area contributed by atoms with Crippen molar-refractivity contribution in [3.05, 3.63) is 113 Å². The number of anilines is 1. The SMILES string of the molecule is CCOc1ccc(N2C(=S)N[C@H](c3ccccn3)[C@H]2c2cccn2-c2ccc([N+](=O)[O-])cc2)cc1. The van der Waals surface area contributed by atoms with E-state index in [2.05, 4.69) is 15.2 Å². The molecule has 0 aliphatic carbocycles. The number of ether oxygens (including phenoxy) is 1. The smallest absolute Gasteiger partial charge is 0.269 e. The van der Waals surface area contributed by atoms with E-state index in [1.807, 2.05) is 72.3 Å². The predicted octanol–water partition coefficient (Wildman–Crippen LogP) is 5.36. The maximum atomic E-state index is 11.1. The molecule has 4 aromatic rings. The highest BCUT2D eigenvalue weighted by molar-refractivity contribution is 7.80. The van der Waals surface area contributed by atoms with Crippen molar-refractivity contribution in [2.45, 2.75) is 19.0 Å². The molecule has 0 unspecified atom stereocenters. The summed E-state index contributed by atoms with van der Waals surface area (Å²) in [5.74, 6) is 0.793. The molecule has 0 saturated carbocycles. The molecule has 1 saturated heterocycles. The van der Waals surface area contributed by atoms with Gasteiger partial charge in [0.2, 0.25) is 0 Å². The van der Waals surface area contributed by atoms with Crippen molar-refractivity contribution in [1.82, 2.24) is 14.9 Å². The van der Waals surface area contributed by atoms with Gasteiger partial charge in [0.15, 0.2) is 5.11 Å². The maximum absolute atomic E-state index is 11.1. The molecule has 2 atom stereocenters. The molecule has 9 heteroatoms. The molecule has 1 aliphatic rings. The van der Waals surface area contributed by atoms with Gasteiger partial charge in [-0.1, -0.05) is 6.07 Å². The average molecular weight is 486 g/mol. The van der Waals surface area contributed by atoms with Crippen LogP contribution in [0.3, 0.4) is 0 Å². The second-order valence-corrected chi connectivity index (χ2v) is 8.39. The third-order valence-electron chi connectivity index (χ3n) is 5.95. The molecule has 5 rings (SSSR count). The first-order valence-corrected chi connectivity index (χ1v) is 11.6. The van der Waals surface area contributed by atoms with Crippen LogP contribution in [0.4, 0.5) is 11.4 Å². The summed E-state index contributed by atoms with van der Waals surface area (Å²) in [4.78, 5) is 17.4. The van der Waals surface area contributed by atoms with Crippen LogP contribution in [0.5, 0.6) is 5.75 Å². The fourth-order valence-electron chi connectivity index (χ4n) is 4.41. The Morgan fingerprint density at radius 1 is 1.03 bits per heavy atom. The van der Waals surface area contributed by atoms with Crippen LogP contribution in [0.25, 0.3) is 5.69 Å². The molecule has 1 fully saturated rings. The highest BCUT2D eigenvalue weighted by atomic mass is 32.1. The van der Waals surface area contributed by atoms with E-state index in [9.17, 15) is 10.1 Å². The molecule has 1 aliphatic heterocycles. The number of aromatic nitrogens is 2. The zero-order valence-electron chi connectivity index (χ0n) is 18.9. The van der Waals surface area contributed by atoms with Gasteiger partial charge in [0, 0.05) is 41.6 Å². The Hall–Kier alpha value is -4.24. The number of nitro groups is 1. The van der Waals surface area contributed by atoms with E-state index < -0.39 is 4.92 Å². The van der Waals surface area contributed by atoms with Gasteiger partial charge in [0.1, 0.15) is 11.8 Å². The summed E-state index contributed by atoms with van der Waals surface area (Å²) in [5.41, 5.74) is 3.62. The van der Waals surface area contributed by atoms with Crippen molar-refractivity contribution < 1.29 is 9.66 Å². The number of nitro benzene ring substituents is 1. The van der Waals surface area contributed by atoms with Crippen LogP contribution in [0.1, 0.15) is 30.4 Å². The van der Waals surface area contributed by atoms with Gasteiger partial charge < -0.3 is 19.5 Å². The maximum Gasteiger partial charge on any atom is 0.269 e. The van der Waals surface area contributed by atoms with E-state index in [4.69, 9.17) is 17.0 Å². The van der Waals surface area contributed by atoms with E-state index in [1.165, 1.54) is 12.1 Å². The first-order valence-electron chi connectivity index (χ1n) is 11.2. The lowest BCUT2D eigenvalue weighted by Gasteiger charge is -2.29. The molecule has 35 heavy (non-hydrogen) atoms. The first-order chi connectivity index (χ1) is 17.1. The Kier molecular flexibility index (Phi) is 6.15. The molecular weight excluding hydrogens is 462 g/mol. The Morgan fingerprint density at radius 3 is 2.43 bits per heavy atom. The normalized spacial score (nSPS) is 17.3. The Balaban J connectivity index is 1.60. The fourth-order valence-corrected chi connectivity index (χ4v) is 4.75. The number of hydrogen-bond acceptors (Lipinski definition) is 5. The number of nitrogens with one attached hydrogen (secondary N) is 1. The van der Waals surface area contributed by atoms with Gasteiger partial charge in [-0.3, -0.25) is 15.1 Å². The van der Waals surface area contributed by atoms with E-state index in [-0.39, 0.29) is 17.8 Å². The number of nitrogens with zero attached hydrogens (tertiary/aromatic N) is 4. The molecule has 0 amide bonds. The highest BCUT2D eigenvalue weighted by Gasteiger charge is 2.42. The molecule has 176 valence electrons. The minimum atomic E-state index is -0.398. The largest absolute Gasteiger partial charge is 0.494 e. The molecule has 2 aromatic heterocycles. The van der Waals surface area contributed by atoms with Crippen molar-refractivity contribution in [3.8, 4) is 11.4 Å². The predicted molar refractivity (Wildman–Crippen MR) is 138 cm³/mol. The van der Waals surface area contributed by atoms with Gasteiger partial charge in [0.25, 0.3) is 5.69 Å². The molecular formula is C26H23N5O3S. The summed E-state index contributed by atoms with van der Waals surface area (Å²) in [7, 11) is 0. The molecule has 0 radical (unpaired) electrons. The lowest BCUT2D eigenvalue weighted by molar-refractivity contribution is -0.384. The average Bonchev–Trinajstić information content (AvgIpc) is 3.50. The number of rotatable bonds is 7. The van der Waals surface area contributed by atoms with Gasteiger partial charge >= 0.3 is 0 Å². The topological polar surface area (TPSA) is 85.5 Å². The third kappa shape index (κ3) is 4.33. The van der Waals surface area contributed by atoms with E-state index in [1.54, 1.807) is 18.3 Å². The summed E-state index contributed by atoms with van der Waals surface area (Å²) >= 11 is 5.81. The minimum Gasteiger partial charge on any atom is -0.494 e. The van der Waals surface area contributed by atoms with Crippen molar-refractivity contribution in [3.63, 3.8) is 0 Å².